The van der Waals surface area contributed by atoms with Gasteiger partial charge in [-0.2, -0.15) is 0 Å². The van der Waals surface area contributed by atoms with Crippen LogP contribution in [0.1, 0.15) is 28.8 Å². The van der Waals surface area contributed by atoms with E-state index in [1.54, 1.807) is 41.3 Å². The van der Waals surface area contributed by atoms with E-state index in [1.807, 2.05) is 36.4 Å². The lowest BCUT2D eigenvalue weighted by molar-refractivity contribution is -0.144. The molecule has 1 fully saturated rings. The summed E-state index contributed by atoms with van der Waals surface area (Å²) in [5.41, 5.74) is 1.46. The van der Waals surface area contributed by atoms with Crippen LogP contribution in [0.2, 0.25) is 0 Å². The van der Waals surface area contributed by atoms with E-state index in [2.05, 4.69) is 5.32 Å². The highest BCUT2D eigenvalue weighted by atomic mass is 16.5. The topological polar surface area (TPSA) is 75.7 Å². The van der Waals surface area contributed by atoms with E-state index in [1.165, 1.54) is 0 Å². The molecule has 2 aromatic carbocycles. The quantitative estimate of drug-likeness (QED) is 0.579. The van der Waals surface area contributed by atoms with Crippen molar-refractivity contribution in [2.75, 3.05) is 19.7 Å². The fourth-order valence-electron chi connectivity index (χ4n) is 3.27. The second-order valence-electron chi connectivity index (χ2n) is 6.81. The van der Waals surface area contributed by atoms with Gasteiger partial charge in [0, 0.05) is 5.56 Å². The third-order valence-electron chi connectivity index (χ3n) is 4.72. The van der Waals surface area contributed by atoms with Crippen molar-refractivity contribution in [1.29, 1.82) is 0 Å². The number of carbonyl (C=O) groups is 3. The number of benzene rings is 2. The summed E-state index contributed by atoms with van der Waals surface area (Å²) >= 11 is 0. The molecule has 0 radical (unpaired) electrons. The molecule has 6 heteroatoms. The number of amides is 2. The summed E-state index contributed by atoms with van der Waals surface area (Å²) in [6.45, 7) is 0.814. The standard InChI is InChI=1S/C23H24N2O4/c26-21(29-16-8-11-18-9-3-1-4-10-18)17-25-15-7-14-20(25)23(28)24-22(27)19-12-5-2-6-13-19/h1-6,8-13,20H,7,14-17H2,(H,24,27,28)/t20-/m1/s1. The summed E-state index contributed by atoms with van der Waals surface area (Å²) in [5, 5.41) is 2.43. The van der Waals surface area contributed by atoms with Crippen molar-refractivity contribution in [2.24, 2.45) is 0 Å². The van der Waals surface area contributed by atoms with Gasteiger partial charge in [-0.05, 0) is 43.2 Å². The number of nitrogens with zero attached hydrogens (tertiary/aromatic N) is 1. The Bertz CT molecular complexity index is 865. The van der Waals surface area contributed by atoms with Gasteiger partial charge < -0.3 is 4.74 Å². The molecule has 0 bridgehead atoms. The van der Waals surface area contributed by atoms with E-state index in [0.29, 0.717) is 18.5 Å². The first-order valence-corrected chi connectivity index (χ1v) is 9.65. The number of ether oxygens (including phenoxy) is 1. The van der Waals surface area contributed by atoms with Gasteiger partial charge in [-0.15, -0.1) is 0 Å². The fraction of sp³-hybridized carbons (Fsp3) is 0.261. The van der Waals surface area contributed by atoms with Crippen LogP contribution in [0.4, 0.5) is 0 Å². The van der Waals surface area contributed by atoms with Crippen LogP contribution in [-0.4, -0.2) is 48.4 Å². The van der Waals surface area contributed by atoms with E-state index in [0.717, 1.165) is 12.0 Å². The van der Waals surface area contributed by atoms with Crippen LogP contribution in [0, 0.1) is 0 Å². The highest BCUT2D eigenvalue weighted by Gasteiger charge is 2.33. The van der Waals surface area contributed by atoms with Crippen LogP contribution < -0.4 is 5.32 Å². The number of hydrogen-bond donors (Lipinski definition) is 1. The van der Waals surface area contributed by atoms with Crippen molar-refractivity contribution >= 4 is 23.9 Å². The molecule has 0 aromatic heterocycles. The maximum absolute atomic E-state index is 12.5. The average Bonchev–Trinajstić information content (AvgIpc) is 3.21. The Morgan fingerprint density at radius 1 is 1.03 bits per heavy atom. The smallest absolute Gasteiger partial charge is 0.320 e. The van der Waals surface area contributed by atoms with E-state index >= 15 is 0 Å². The van der Waals surface area contributed by atoms with Crippen LogP contribution in [0.25, 0.3) is 6.08 Å². The summed E-state index contributed by atoms with van der Waals surface area (Å²) in [5.74, 6) is -1.21. The van der Waals surface area contributed by atoms with E-state index in [-0.39, 0.29) is 19.1 Å². The first-order chi connectivity index (χ1) is 14.1. The van der Waals surface area contributed by atoms with Crippen molar-refractivity contribution in [3.63, 3.8) is 0 Å². The zero-order valence-corrected chi connectivity index (χ0v) is 16.1. The number of nitrogens with one attached hydrogen (secondary N) is 1. The lowest BCUT2D eigenvalue weighted by Crippen LogP contribution is -2.47. The number of imide groups is 1. The number of likely N-dealkylation sites (tertiary alicyclic amines) is 1. The summed E-state index contributed by atoms with van der Waals surface area (Å²) in [4.78, 5) is 38.6. The van der Waals surface area contributed by atoms with Gasteiger partial charge in [0.1, 0.15) is 6.61 Å². The van der Waals surface area contributed by atoms with Crippen LogP contribution in [0.15, 0.2) is 66.7 Å². The van der Waals surface area contributed by atoms with Gasteiger partial charge in [-0.1, -0.05) is 54.6 Å². The molecule has 150 valence electrons. The highest BCUT2D eigenvalue weighted by molar-refractivity contribution is 6.06. The zero-order valence-electron chi connectivity index (χ0n) is 16.1. The Hall–Kier alpha value is -3.25. The maximum atomic E-state index is 12.5. The molecular formula is C23H24N2O4. The Kier molecular flexibility index (Phi) is 7.30. The van der Waals surface area contributed by atoms with E-state index < -0.39 is 17.9 Å². The molecule has 1 heterocycles. The van der Waals surface area contributed by atoms with Gasteiger partial charge >= 0.3 is 5.97 Å². The Labute approximate surface area is 170 Å². The van der Waals surface area contributed by atoms with Crippen LogP contribution >= 0.6 is 0 Å². The summed E-state index contributed by atoms with van der Waals surface area (Å²) in [7, 11) is 0. The molecule has 29 heavy (non-hydrogen) atoms. The van der Waals surface area contributed by atoms with E-state index in [4.69, 9.17) is 4.74 Å². The van der Waals surface area contributed by atoms with Gasteiger partial charge in [0.25, 0.3) is 5.91 Å². The Balaban J connectivity index is 1.46. The molecule has 0 unspecified atom stereocenters. The van der Waals surface area contributed by atoms with Crippen LogP contribution in [0.3, 0.4) is 0 Å². The minimum Gasteiger partial charge on any atom is -0.460 e. The molecule has 3 rings (SSSR count). The van der Waals surface area contributed by atoms with Gasteiger partial charge in [0.05, 0.1) is 12.6 Å². The second-order valence-corrected chi connectivity index (χ2v) is 6.81. The SMILES string of the molecule is O=C(CN1CCC[C@@H]1C(=O)NC(=O)c1ccccc1)OCC=Cc1ccccc1. The molecular weight excluding hydrogens is 368 g/mol. The molecule has 0 saturated carbocycles. The predicted molar refractivity (Wildman–Crippen MR) is 110 cm³/mol. The normalized spacial score (nSPS) is 16.6. The Morgan fingerprint density at radius 2 is 1.72 bits per heavy atom. The predicted octanol–water partition coefficient (Wildman–Crippen LogP) is 2.66. The molecule has 0 spiro atoms. The van der Waals surface area contributed by atoms with Crippen LogP contribution in [0.5, 0.6) is 0 Å². The largest absolute Gasteiger partial charge is 0.460 e. The molecule has 1 aliphatic rings. The van der Waals surface area contributed by atoms with Gasteiger partial charge in [-0.25, -0.2) is 0 Å². The Morgan fingerprint density at radius 3 is 2.45 bits per heavy atom. The van der Waals surface area contributed by atoms with Crippen molar-refractivity contribution in [1.82, 2.24) is 10.2 Å². The molecule has 1 aliphatic heterocycles. The summed E-state index contributed by atoms with van der Waals surface area (Å²) in [6.07, 6.45) is 5.06. The third-order valence-corrected chi connectivity index (χ3v) is 4.72. The fourth-order valence-corrected chi connectivity index (χ4v) is 3.27. The average molecular weight is 392 g/mol. The van der Waals surface area contributed by atoms with Crippen molar-refractivity contribution in [2.45, 2.75) is 18.9 Å². The van der Waals surface area contributed by atoms with Crippen molar-refractivity contribution in [3.05, 3.63) is 77.9 Å². The number of rotatable bonds is 7. The van der Waals surface area contributed by atoms with Gasteiger partial charge in [-0.3, -0.25) is 24.6 Å². The summed E-state index contributed by atoms with van der Waals surface area (Å²) in [6, 6.07) is 17.8. The van der Waals surface area contributed by atoms with Gasteiger partial charge in [0.2, 0.25) is 5.91 Å². The lowest BCUT2D eigenvalue weighted by Gasteiger charge is -2.22. The van der Waals surface area contributed by atoms with Crippen molar-refractivity contribution in [3.8, 4) is 0 Å². The molecule has 2 aromatic rings. The minimum absolute atomic E-state index is 0.0246. The monoisotopic (exact) mass is 392 g/mol. The molecule has 0 aliphatic carbocycles. The van der Waals surface area contributed by atoms with Crippen molar-refractivity contribution < 1.29 is 19.1 Å². The lowest BCUT2D eigenvalue weighted by atomic mass is 10.1. The molecule has 1 N–H and O–H groups in total. The third kappa shape index (κ3) is 6.12. The van der Waals surface area contributed by atoms with Crippen LogP contribution in [-0.2, 0) is 14.3 Å². The molecule has 1 atom stereocenters. The highest BCUT2D eigenvalue weighted by Crippen LogP contribution is 2.17. The number of esters is 1. The first kappa shape index (κ1) is 20.5. The first-order valence-electron chi connectivity index (χ1n) is 9.65. The second kappa shape index (κ2) is 10.3. The maximum Gasteiger partial charge on any atom is 0.320 e. The molecule has 2 amide bonds. The number of hydrogen-bond acceptors (Lipinski definition) is 5. The minimum atomic E-state index is -0.505. The zero-order chi connectivity index (χ0) is 20.5. The molecule has 1 saturated heterocycles. The van der Waals surface area contributed by atoms with Gasteiger partial charge in [0.15, 0.2) is 0 Å². The number of carbonyl (C=O) groups excluding carboxylic acids is 3. The summed E-state index contributed by atoms with van der Waals surface area (Å²) < 4.78 is 5.24. The molecule has 6 nitrogen and oxygen atoms in total. The van der Waals surface area contributed by atoms with E-state index in [9.17, 15) is 14.4 Å².